The number of rotatable bonds is 11. The minimum atomic E-state index is 0.00456. The summed E-state index contributed by atoms with van der Waals surface area (Å²) in [6.07, 6.45) is 7.79. The number of amides is 1. The summed E-state index contributed by atoms with van der Waals surface area (Å²) in [4.78, 5) is 22.3. The Morgan fingerprint density at radius 3 is 1.96 bits per heavy atom. The van der Waals surface area contributed by atoms with Crippen LogP contribution in [0.15, 0.2) is 0 Å². The van der Waals surface area contributed by atoms with E-state index in [-0.39, 0.29) is 11.7 Å². The summed E-state index contributed by atoms with van der Waals surface area (Å²) in [6.45, 7) is 12.6. The highest BCUT2D eigenvalue weighted by atomic mass is 16.5. The highest BCUT2D eigenvalue weighted by Crippen LogP contribution is 2.28. The Bertz CT molecular complexity index is 339. The van der Waals surface area contributed by atoms with Gasteiger partial charge in [0, 0.05) is 46.3 Å². The van der Waals surface area contributed by atoms with Gasteiger partial charge in [-0.3, -0.25) is 9.59 Å². The van der Waals surface area contributed by atoms with Crippen LogP contribution in [0.1, 0.15) is 86.0 Å². The van der Waals surface area contributed by atoms with Crippen LogP contribution in [0.3, 0.4) is 0 Å². The molecule has 27 heavy (non-hydrogen) atoms. The zero-order valence-electron chi connectivity index (χ0n) is 18.8. The van der Waals surface area contributed by atoms with Gasteiger partial charge in [0.25, 0.3) is 0 Å². The fourth-order valence-corrected chi connectivity index (χ4v) is 2.85. The van der Waals surface area contributed by atoms with Crippen LogP contribution in [0, 0.1) is 11.8 Å². The molecule has 1 N–H and O–H groups in total. The summed E-state index contributed by atoms with van der Waals surface area (Å²) in [7, 11) is 1.77. The van der Waals surface area contributed by atoms with Crippen molar-refractivity contribution in [3.05, 3.63) is 0 Å². The van der Waals surface area contributed by atoms with Gasteiger partial charge in [0.15, 0.2) is 0 Å². The largest absolute Gasteiger partial charge is 0.384 e. The third kappa shape index (κ3) is 19.6. The summed E-state index contributed by atoms with van der Waals surface area (Å²) >= 11 is 0. The molecule has 1 fully saturated rings. The van der Waals surface area contributed by atoms with Crippen molar-refractivity contribution in [2.24, 2.45) is 11.8 Å². The Hall–Kier alpha value is -0.940. The number of hydrogen-bond donors (Lipinski definition) is 1. The molecule has 162 valence electrons. The maximum atomic E-state index is 11.5. The van der Waals surface area contributed by atoms with Crippen molar-refractivity contribution in [1.29, 1.82) is 0 Å². The molecule has 0 spiro atoms. The van der Waals surface area contributed by atoms with E-state index in [1.807, 2.05) is 13.8 Å². The first-order chi connectivity index (χ1) is 13.0. The van der Waals surface area contributed by atoms with Crippen LogP contribution < -0.4 is 5.32 Å². The lowest BCUT2D eigenvalue weighted by Crippen LogP contribution is -2.25. The van der Waals surface area contributed by atoms with Crippen LogP contribution in [0.25, 0.3) is 0 Å². The van der Waals surface area contributed by atoms with Gasteiger partial charge in [0.2, 0.25) is 5.91 Å². The van der Waals surface area contributed by atoms with Crippen molar-refractivity contribution in [3.8, 4) is 0 Å². The van der Waals surface area contributed by atoms with Crippen LogP contribution in [0.4, 0.5) is 0 Å². The van der Waals surface area contributed by atoms with Gasteiger partial charge in [-0.2, -0.15) is 0 Å². The van der Waals surface area contributed by atoms with Gasteiger partial charge in [-0.15, -0.1) is 0 Å². The normalized spacial score (nSPS) is 18.4. The van der Waals surface area contributed by atoms with E-state index in [0.29, 0.717) is 31.9 Å². The molecule has 0 atom stereocenters. The minimum Gasteiger partial charge on any atom is -0.384 e. The van der Waals surface area contributed by atoms with E-state index < -0.39 is 0 Å². The molecule has 1 rings (SSSR count). The third-order valence-corrected chi connectivity index (χ3v) is 4.21. The SMILES string of the molecule is CC.CCC.COCC1CCC(COCCCC(=O)NCCC(C)=O)CC1. The summed E-state index contributed by atoms with van der Waals surface area (Å²) in [5.74, 6) is 1.49. The molecular formula is C22H45NO4. The van der Waals surface area contributed by atoms with Gasteiger partial charge in [-0.05, 0) is 50.9 Å². The molecule has 0 bridgehead atoms. The second-order valence-electron chi connectivity index (χ2n) is 7.03. The van der Waals surface area contributed by atoms with Gasteiger partial charge >= 0.3 is 0 Å². The van der Waals surface area contributed by atoms with E-state index in [1.165, 1.54) is 39.0 Å². The Kier molecular flexibility index (Phi) is 22.4. The molecule has 0 aliphatic heterocycles. The molecule has 1 aliphatic rings. The molecule has 5 heteroatoms. The van der Waals surface area contributed by atoms with Crippen LogP contribution in [-0.2, 0) is 19.1 Å². The van der Waals surface area contributed by atoms with Gasteiger partial charge < -0.3 is 14.8 Å². The van der Waals surface area contributed by atoms with Crippen molar-refractivity contribution in [2.75, 3.05) is 33.5 Å². The van der Waals surface area contributed by atoms with Crippen molar-refractivity contribution in [2.45, 2.75) is 86.0 Å². The minimum absolute atomic E-state index is 0.00456. The highest BCUT2D eigenvalue weighted by molar-refractivity contribution is 5.78. The third-order valence-electron chi connectivity index (χ3n) is 4.21. The van der Waals surface area contributed by atoms with Gasteiger partial charge in [-0.1, -0.05) is 34.1 Å². The molecule has 0 aromatic rings. The predicted octanol–water partition coefficient (Wildman–Crippen LogP) is 4.77. The molecule has 0 saturated heterocycles. The Labute approximate surface area is 168 Å². The predicted molar refractivity (Wildman–Crippen MR) is 113 cm³/mol. The van der Waals surface area contributed by atoms with Crippen molar-refractivity contribution in [1.82, 2.24) is 5.32 Å². The lowest BCUT2D eigenvalue weighted by atomic mass is 9.83. The lowest BCUT2D eigenvalue weighted by molar-refractivity contribution is -0.121. The fraction of sp³-hybridized carbons (Fsp3) is 0.909. The molecule has 0 radical (unpaired) electrons. The number of ether oxygens (including phenoxy) is 2. The number of Topliss-reactive ketones (excluding diaryl/α,β-unsaturated/α-hetero) is 1. The lowest BCUT2D eigenvalue weighted by Gasteiger charge is -2.27. The van der Waals surface area contributed by atoms with Crippen LogP contribution in [0.2, 0.25) is 0 Å². The molecule has 1 amide bonds. The number of carbonyl (C=O) groups is 2. The van der Waals surface area contributed by atoms with Crippen LogP contribution in [-0.4, -0.2) is 45.2 Å². The highest BCUT2D eigenvalue weighted by Gasteiger charge is 2.20. The van der Waals surface area contributed by atoms with Gasteiger partial charge in [0.1, 0.15) is 5.78 Å². The second-order valence-corrected chi connectivity index (χ2v) is 7.03. The topological polar surface area (TPSA) is 64.6 Å². The van der Waals surface area contributed by atoms with Gasteiger partial charge in [0.05, 0.1) is 0 Å². The summed E-state index contributed by atoms with van der Waals surface area (Å²) < 4.78 is 10.9. The first-order valence-corrected chi connectivity index (χ1v) is 10.9. The van der Waals surface area contributed by atoms with E-state index in [2.05, 4.69) is 19.2 Å². The fourth-order valence-electron chi connectivity index (χ4n) is 2.85. The van der Waals surface area contributed by atoms with E-state index >= 15 is 0 Å². The second kappa shape index (κ2) is 21.4. The van der Waals surface area contributed by atoms with E-state index in [4.69, 9.17) is 9.47 Å². The Balaban J connectivity index is 0. The monoisotopic (exact) mass is 387 g/mol. The average Bonchev–Trinajstić information content (AvgIpc) is 2.65. The first-order valence-electron chi connectivity index (χ1n) is 10.9. The van der Waals surface area contributed by atoms with Gasteiger partial charge in [-0.25, -0.2) is 0 Å². The first kappa shape index (κ1) is 28.3. The number of hydrogen-bond acceptors (Lipinski definition) is 4. The van der Waals surface area contributed by atoms with Crippen molar-refractivity contribution >= 4 is 11.7 Å². The zero-order chi connectivity index (χ0) is 20.9. The van der Waals surface area contributed by atoms with Crippen LogP contribution in [0.5, 0.6) is 0 Å². The van der Waals surface area contributed by atoms with E-state index in [1.54, 1.807) is 7.11 Å². The molecular weight excluding hydrogens is 342 g/mol. The number of carbonyl (C=O) groups excluding carboxylic acids is 2. The molecule has 1 saturated carbocycles. The standard InChI is InChI=1S/C17H31NO4.C3H8.C2H6/c1-14(19)9-10-18-17(20)4-3-11-22-13-16-7-5-15(6-8-16)12-21-2;1-3-2;1-2/h15-16H,3-13H2,1-2H3,(H,18,20);3H2,1-2H3;1-2H3. The molecule has 1 aliphatic carbocycles. The summed E-state index contributed by atoms with van der Waals surface area (Å²) in [5, 5.41) is 2.74. The molecule has 0 aromatic heterocycles. The number of nitrogens with one attached hydrogen (secondary N) is 1. The van der Waals surface area contributed by atoms with Crippen molar-refractivity contribution in [3.63, 3.8) is 0 Å². The smallest absolute Gasteiger partial charge is 0.220 e. The summed E-state index contributed by atoms with van der Waals surface area (Å²) in [6, 6.07) is 0. The maximum absolute atomic E-state index is 11.5. The Morgan fingerprint density at radius 2 is 1.48 bits per heavy atom. The molecule has 5 nitrogen and oxygen atoms in total. The maximum Gasteiger partial charge on any atom is 0.220 e. The molecule has 0 heterocycles. The Morgan fingerprint density at radius 1 is 0.963 bits per heavy atom. The number of ketones is 1. The van der Waals surface area contributed by atoms with Crippen LogP contribution >= 0.6 is 0 Å². The molecule has 0 unspecified atom stereocenters. The zero-order valence-corrected chi connectivity index (χ0v) is 18.8. The average molecular weight is 388 g/mol. The summed E-state index contributed by atoms with van der Waals surface area (Å²) in [5.41, 5.74) is 0. The quantitative estimate of drug-likeness (QED) is 0.518. The number of methoxy groups -OCH3 is 1. The van der Waals surface area contributed by atoms with E-state index in [9.17, 15) is 9.59 Å². The molecule has 0 aromatic carbocycles. The van der Waals surface area contributed by atoms with Crippen molar-refractivity contribution < 1.29 is 19.1 Å². The van der Waals surface area contributed by atoms with E-state index in [0.717, 1.165) is 25.6 Å².